The van der Waals surface area contributed by atoms with E-state index in [2.05, 4.69) is 26.6 Å². The van der Waals surface area contributed by atoms with Gasteiger partial charge >= 0.3 is 0 Å². The van der Waals surface area contributed by atoms with Gasteiger partial charge in [0.15, 0.2) is 0 Å². The molecule has 0 spiro atoms. The Hall–Kier alpha value is -2.76. The second kappa shape index (κ2) is 7.86. The molecule has 1 aliphatic rings. The number of amides is 1. The van der Waals surface area contributed by atoms with Crippen molar-refractivity contribution in [2.45, 2.75) is 24.3 Å². The molecule has 8 heteroatoms. The lowest BCUT2D eigenvalue weighted by Gasteiger charge is -2.06. The molecule has 1 aromatic carbocycles. The van der Waals surface area contributed by atoms with Crippen molar-refractivity contribution in [1.82, 2.24) is 15.2 Å². The number of carbonyl (C=O) groups excluding carboxylic acids is 1. The zero-order chi connectivity index (χ0) is 18.6. The first-order valence-electron chi connectivity index (χ1n) is 8.47. The van der Waals surface area contributed by atoms with Gasteiger partial charge in [0.05, 0.1) is 11.3 Å². The first kappa shape index (κ1) is 17.6. The number of rotatable bonds is 5. The Bertz CT molecular complexity index is 1030. The maximum absolute atomic E-state index is 12.3. The van der Waals surface area contributed by atoms with Crippen molar-refractivity contribution >= 4 is 34.1 Å². The van der Waals surface area contributed by atoms with Crippen LogP contribution >= 0.6 is 23.1 Å². The zero-order valence-electron chi connectivity index (χ0n) is 14.3. The van der Waals surface area contributed by atoms with E-state index in [1.165, 1.54) is 23.1 Å². The van der Waals surface area contributed by atoms with Crippen molar-refractivity contribution in [3.8, 4) is 16.6 Å². The Morgan fingerprint density at radius 2 is 2.11 bits per heavy atom. The molecule has 27 heavy (non-hydrogen) atoms. The Kier molecular flexibility index (Phi) is 5.14. The number of aryl methyl sites for hydroxylation is 2. The molecule has 0 fully saturated rings. The summed E-state index contributed by atoms with van der Waals surface area (Å²) in [5.74, 6) is -0.0253. The Morgan fingerprint density at radius 3 is 2.93 bits per heavy atom. The maximum Gasteiger partial charge on any atom is 0.236 e. The number of aromatic nitrogens is 3. The second-order valence-electron chi connectivity index (χ2n) is 6.03. The van der Waals surface area contributed by atoms with Crippen molar-refractivity contribution in [1.29, 1.82) is 5.26 Å². The number of benzene rings is 1. The van der Waals surface area contributed by atoms with E-state index in [4.69, 9.17) is 0 Å². The number of carbonyl (C=O) groups is 1. The molecule has 4 rings (SSSR count). The van der Waals surface area contributed by atoms with E-state index in [0.717, 1.165) is 41.1 Å². The average molecular weight is 393 g/mol. The van der Waals surface area contributed by atoms with Crippen LogP contribution in [0.1, 0.15) is 23.2 Å². The maximum atomic E-state index is 12.3. The van der Waals surface area contributed by atoms with Crippen LogP contribution in [0.5, 0.6) is 0 Å². The van der Waals surface area contributed by atoms with E-state index in [1.54, 1.807) is 0 Å². The molecule has 3 aromatic rings. The molecule has 0 atom stereocenters. The molecule has 0 saturated carbocycles. The second-order valence-corrected chi connectivity index (χ2v) is 7.97. The molecule has 0 bridgehead atoms. The van der Waals surface area contributed by atoms with Crippen LogP contribution in [0.15, 0.2) is 41.4 Å². The van der Waals surface area contributed by atoms with Crippen LogP contribution in [-0.4, -0.2) is 26.8 Å². The number of pyridine rings is 1. The lowest BCUT2D eigenvalue weighted by molar-refractivity contribution is -0.113. The standard InChI is InChI=1S/C19H15N5OS2/c20-10-14-9-13-7-4-8-15(13)21-17(14)26-11-16(25)22-19-24-23-18(27-19)12-5-2-1-3-6-12/h1-3,5-6,9H,4,7-8,11H2,(H,22,24,25). The summed E-state index contributed by atoms with van der Waals surface area (Å²) in [6.07, 6.45) is 2.99. The number of nitrogens with zero attached hydrogens (tertiary/aromatic N) is 4. The normalized spacial score (nSPS) is 12.4. The number of hydrogen-bond donors (Lipinski definition) is 1. The Morgan fingerprint density at radius 1 is 1.26 bits per heavy atom. The van der Waals surface area contributed by atoms with Gasteiger partial charge in [-0.1, -0.05) is 53.4 Å². The van der Waals surface area contributed by atoms with E-state index in [-0.39, 0.29) is 11.7 Å². The highest BCUT2D eigenvalue weighted by Crippen LogP contribution is 2.29. The lowest BCUT2D eigenvalue weighted by atomic mass is 10.2. The SMILES string of the molecule is N#Cc1cc2c(nc1SCC(=O)Nc1nnc(-c3ccccc3)s1)CCC2. The quantitative estimate of drug-likeness (QED) is 0.665. The fraction of sp³-hybridized carbons (Fsp3) is 0.211. The highest BCUT2D eigenvalue weighted by Gasteiger charge is 2.18. The first-order valence-corrected chi connectivity index (χ1v) is 10.3. The average Bonchev–Trinajstić information content (AvgIpc) is 3.35. The van der Waals surface area contributed by atoms with Gasteiger partial charge in [-0.2, -0.15) is 5.26 Å². The number of nitrogens with one attached hydrogen (secondary N) is 1. The van der Waals surface area contributed by atoms with Gasteiger partial charge in [-0.15, -0.1) is 10.2 Å². The number of nitriles is 1. The Labute approximate surface area is 164 Å². The van der Waals surface area contributed by atoms with E-state index < -0.39 is 0 Å². The topological polar surface area (TPSA) is 91.6 Å². The van der Waals surface area contributed by atoms with E-state index >= 15 is 0 Å². The first-order chi connectivity index (χ1) is 13.2. The highest BCUT2D eigenvalue weighted by molar-refractivity contribution is 8.00. The van der Waals surface area contributed by atoms with Gasteiger partial charge in [-0.05, 0) is 30.9 Å². The fourth-order valence-electron chi connectivity index (χ4n) is 2.90. The highest BCUT2D eigenvalue weighted by atomic mass is 32.2. The van der Waals surface area contributed by atoms with Gasteiger partial charge < -0.3 is 0 Å². The summed E-state index contributed by atoms with van der Waals surface area (Å²) in [5, 5.41) is 22.1. The van der Waals surface area contributed by atoms with E-state index in [1.807, 2.05) is 36.4 Å². The summed E-state index contributed by atoms with van der Waals surface area (Å²) >= 11 is 2.61. The van der Waals surface area contributed by atoms with Crippen LogP contribution in [-0.2, 0) is 17.6 Å². The predicted molar refractivity (Wildman–Crippen MR) is 106 cm³/mol. The molecule has 1 amide bonds. The molecule has 0 radical (unpaired) electrons. The molecule has 6 nitrogen and oxygen atoms in total. The number of anilines is 1. The fourth-order valence-corrected chi connectivity index (χ4v) is 4.44. The number of fused-ring (bicyclic) bond motifs is 1. The molecular formula is C19H15N5OS2. The van der Waals surface area contributed by atoms with Crippen LogP contribution in [0.25, 0.3) is 10.6 Å². The van der Waals surface area contributed by atoms with E-state index in [9.17, 15) is 10.1 Å². The third-order valence-electron chi connectivity index (χ3n) is 4.17. The minimum absolute atomic E-state index is 0.167. The van der Waals surface area contributed by atoms with Gasteiger partial charge in [0.25, 0.3) is 0 Å². The van der Waals surface area contributed by atoms with Gasteiger partial charge in [0.1, 0.15) is 16.1 Å². The number of hydrogen-bond acceptors (Lipinski definition) is 7. The van der Waals surface area contributed by atoms with Crippen molar-refractivity contribution in [3.05, 3.63) is 53.2 Å². The molecule has 0 unspecified atom stereocenters. The van der Waals surface area contributed by atoms with Crippen molar-refractivity contribution < 1.29 is 4.79 Å². The Balaban J connectivity index is 1.40. The summed E-state index contributed by atoms with van der Waals surface area (Å²) in [6, 6.07) is 13.8. The van der Waals surface area contributed by atoms with E-state index in [0.29, 0.717) is 15.7 Å². The molecule has 0 saturated heterocycles. The lowest BCUT2D eigenvalue weighted by Crippen LogP contribution is -2.14. The van der Waals surface area contributed by atoms with Crippen LogP contribution < -0.4 is 5.32 Å². The zero-order valence-corrected chi connectivity index (χ0v) is 15.9. The van der Waals surface area contributed by atoms with Crippen molar-refractivity contribution in [2.75, 3.05) is 11.1 Å². The molecule has 0 aliphatic heterocycles. The molecule has 2 heterocycles. The van der Waals surface area contributed by atoms with Crippen LogP contribution in [0.4, 0.5) is 5.13 Å². The third-order valence-corrected chi connectivity index (χ3v) is 6.05. The summed E-state index contributed by atoms with van der Waals surface area (Å²) < 4.78 is 0. The smallest absolute Gasteiger partial charge is 0.236 e. The minimum atomic E-state index is -0.193. The van der Waals surface area contributed by atoms with Crippen LogP contribution in [0.3, 0.4) is 0 Å². The van der Waals surface area contributed by atoms with Gasteiger partial charge in [-0.25, -0.2) is 4.98 Å². The van der Waals surface area contributed by atoms with Gasteiger partial charge in [0.2, 0.25) is 11.0 Å². The number of thioether (sulfide) groups is 1. The minimum Gasteiger partial charge on any atom is -0.300 e. The predicted octanol–water partition coefficient (Wildman–Crippen LogP) is 3.69. The molecule has 1 N–H and O–H groups in total. The summed E-state index contributed by atoms with van der Waals surface area (Å²) in [5.41, 5.74) is 3.71. The summed E-state index contributed by atoms with van der Waals surface area (Å²) in [7, 11) is 0. The molecular weight excluding hydrogens is 378 g/mol. The molecule has 134 valence electrons. The summed E-state index contributed by atoms with van der Waals surface area (Å²) in [4.78, 5) is 16.8. The largest absolute Gasteiger partial charge is 0.300 e. The van der Waals surface area contributed by atoms with Gasteiger partial charge in [0, 0.05) is 11.3 Å². The monoisotopic (exact) mass is 393 g/mol. The molecule has 1 aliphatic carbocycles. The third kappa shape index (κ3) is 3.99. The van der Waals surface area contributed by atoms with Crippen LogP contribution in [0.2, 0.25) is 0 Å². The van der Waals surface area contributed by atoms with Gasteiger partial charge in [-0.3, -0.25) is 10.1 Å². The molecule has 2 aromatic heterocycles. The van der Waals surface area contributed by atoms with Crippen molar-refractivity contribution in [3.63, 3.8) is 0 Å². The summed E-state index contributed by atoms with van der Waals surface area (Å²) in [6.45, 7) is 0. The van der Waals surface area contributed by atoms with Crippen molar-refractivity contribution in [2.24, 2.45) is 0 Å². The van der Waals surface area contributed by atoms with Crippen LogP contribution in [0, 0.1) is 11.3 Å².